The molecule has 3 aromatic rings. The third-order valence-electron chi connectivity index (χ3n) is 7.79. The van der Waals surface area contributed by atoms with Gasteiger partial charge in [-0.1, -0.05) is 111 Å². The van der Waals surface area contributed by atoms with Crippen LogP contribution in [0.25, 0.3) is 0 Å². The van der Waals surface area contributed by atoms with Crippen molar-refractivity contribution in [1.82, 2.24) is 16.0 Å². The van der Waals surface area contributed by atoms with E-state index in [9.17, 15) is 19.5 Å². The molecule has 0 heterocycles. The molecule has 0 saturated carbocycles. The number of hydrogen-bond donors (Lipinski definition) is 4. The highest BCUT2D eigenvalue weighted by Crippen LogP contribution is 2.21. The van der Waals surface area contributed by atoms with Crippen LogP contribution in [0, 0.1) is 11.8 Å². The second-order valence-corrected chi connectivity index (χ2v) is 12.7. The minimum Gasteiger partial charge on any atom is -0.444 e. The van der Waals surface area contributed by atoms with Gasteiger partial charge in [-0.25, -0.2) is 4.79 Å². The molecular weight excluding hydrogens is 566 g/mol. The lowest BCUT2D eigenvalue weighted by atomic mass is 9.88. The topological polar surface area (TPSA) is 117 Å². The van der Waals surface area contributed by atoms with E-state index in [0.29, 0.717) is 25.8 Å². The minimum absolute atomic E-state index is 0.0624. The van der Waals surface area contributed by atoms with Gasteiger partial charge in [0.15, 0.2) is 0 Å². The molecule has 0 aliphatic carbocycles. The van der Waals surface area contributed by atoms with Crippen LogP contribution in [0.3, 0.4) is 0 Å². The van der Waals surface area contributed by atoms with E-state index in [1.54, 1.807) is 20.8 Å². The first kappa shape index (κ1) is 35.3. The SMILES string of the molecule is CC[C@H](C)[C@H](NC(=O)[C@H](Cc1ccccc1)C[C@H](O)[C@H](Cc1ccccc1)NC(=O)OC(C)(C)C)C(=O)NCc1ccccc1. The Morgan fingerprint density at radius 3 is 1.78 bits per heavy atom. The van der Waals surface area contributed by atoms with Crippen LogP contribution >= 0.6 is 0 Å². The Labute approximate surface area is 268 Å². The Hall–Kier alpha value is -4.17. The van der Waals surface area contributed by atoms with Gasteiger partial charge in [-0.15, -0.1) is 0 Å². The maximum absolute atomic E-state index is 14.0. The number of carbonyl (C=O) groups excluding carboxylic acids is 3. The second kappa shape index (κ2) is 17.4. The van der Waals surface area contributed by atoms with Crippen LogP contribution in [0.4, 0.5) is 4.79 Å². The Balaban J connectivity index is 1.82. The molecule has 0 aliphatic heterocycles. The van der Waals surface area contributed by atoms with Gasteiger partial charge in [-0.3, -0.25) is 9.59 Å². The molecule has 0 spiro atoms. The Bertz CT molecular complexity index is 1330. The number of rotatable bonds is 15. The van der Waals surface area contributed by atoms with Crippen LogP contribution in [0.15, 0.2) is 91.0 Å². The molecule has 0 aromatic heterocycles. The molecular formula is C37H49N3O5. The predicted molar refractivity (Wildman–Crippen MR) is 177 cm³/mol. The monoisotopic (exact) mass is 615 g/mol. The standard InChI is InChI=1S/C37H49N3O5/c1-6-26(2)33(35(43)38-25-29-20-14-9-15-21-29)40-34(42)30(22-27-16-10-7-11-17-27)24-32(41)31(23-28-18-12-8-13-19-28)39-36(44)45-37(3,4)5/h7-21,26,30-33,41H,6,22-25H2,1-5H3,(H,38,43)(H,39,44)(H,40,42)/t26-,30+,31-,32-,33-/m0/s1. The Kier molecular flexibility index (Phi) is 13.6. The van der Waals surface area contributed by atoms with Crippen molar-refractivity contribution in [3.8, 4) is 0 Å². The molecule has 3 amide bonds. The third-order valence-corrected chi connectivity index (χ3v) is 7.79. The fourth-order valence-corrected chi connectivity index (χ4v) is 5.12. The summed E-state index contributed by atoms with van der Waals surface area (Å²) in [5, 5.41) is 20.4. The van der Waals surface area contributed by atoms with E-state index in [-0.39, 0.29) is 24.2 Å². The molecule has 3 aromatic carbocycles. The van der Waals surface area contributed by atoms with Gasteiger partial charge in [-0.2, -0.15) is 0 Å². The van der Waals surface area contributed by atoms with E-state index in [2.05, 4.69) is 16.0 Å². The number of amides is 3. The highest BCUT2D eigenvalue weighted by Gasteiger charge is 2.33. The molecule has 3 rings (SSSR count). The maximum atomic E-state index is 14.0. The summed E-state index contributed by atoms with van der Waals surface area (Å²) >= 11 is 0. The summed E-state index contributed by atoms with van der Waals surface area (Å²) in [6, 6.07) is 27.3. The van der Waals surface area contributed by atoms with E-state index < -0.39 is 35.8 Å². The summed E-state index contributed by atoms with van der Waals surface area (Å²) in [6.07, 6.45) is -0.267. The summed E-state index contributed by atoms with van der Waals surface area (Å²) in [5.41, 5.74) is 2.10. The number of benzene rings is 3. The number of aliphatic hydroxyl groups excluding tert-OH is 1. The molecule has 0 bridgehead atoms. The fourth-order valence-electron chi connectivity index (χ4n) is 5.12. The molecule has 8 heteroatoms. The van der Waals surface area contributed by atoms with Gasteiger partial charge in [-0.05, 0) is 62.6 Å². The first-order chi connectivity index (χ1) is 21.4. The molecule has 8 nitrogen and oxygen atoms in total. The second-order valence-electron chi connectivity index (χ2n) is 12.7. The van der Waals surface area contributed by atoms with Gasteiger partial charge < -0.3 is 25.8 Å². The highest BCUT2D eigenvalue weighted by molar-refractivity contribution is 5.88. The van der Waals surface area contributed by atoms with Crippen LogP contribution in [0.5, 0.6) is 0 Å². The van der Waals surface area contributed by atoms with Crippen LogP contribution in [0.1, 0.15) is 64.2 Å². The number of hydrogen-bond acceptors (Lipinski definition) is 5. The molecule has 0 saturated heterocycles. The number of aliphatic hydroxyl groups is 1. The number of alkyl carbamates (subject to hydrolysis) is 1. The van der Waals surface area contributed by atoms with E-state index in [0.717, 1.165) is 16.7 Å². The molecule has 0 radical (unpaired) electrons. The lowest BCUT2D eigenvalue weighted by molar-refractivity contribution is -0.133. The van der Waals surface area contributed by atoms with Crippen LogP contribution in [-0.4, -0.2) is 46.8 Å². The van der Waals surface area contributed by atoms with E-state index in [1.165, 1.54) is 0 Å². The molecule has 45 heavy (non-hydrogen) atoms. The quantitative estimate of drug-likeness (QED) is 0.178. The molecule has 0 aliphatic rings. The third kappa shape index (κ3) is 12.4. The van der Waals surface area contributed by atoms with Crippen molar-refractivity contribution in [2.75, 3.05) is 0 Å². The van der Waals surface area contributed by atoms with Gasteiger partial charge >= 0.3 is 6.09 Å². The van der Waals surface area contributed by atoms with Crippen molar-refractivity contribution in [2.45, 2.75) is 90.6 Å². The average Bonchev–Trinajstić information content (AvgIpc) is 3.02. The van der Waals surface area contributed by atoms with Gasteiger partial charge in [0.2, 0.25) is 11.8 Å². The van der Waals surface area contributed by atoms with E-state index in [4.69, 9.17) is 4.74 Å². The minimum atomic E-state index is -1.08. The summed E-state index contributed by atoms with van der Waals surface area (Å²) in [6.45, 7) is 9.61. The zero-order chi connectivity index (χ0) is 32.8. The summed E-state index contributed by atoms with van der Waals surface area (Å²) in [4.78, 5) is 40.1. The Morgan fingerprint density at radius 2 is 1.27 bits per heavy atom. The normalized spacial score (nSPS) is 14.7. The van der Waals surface area contributed by atoms with Crippen molar-refractivity contribution in [1.29, 1.82) is 0 Å². The van der Waals surface area contributed by atoms with Crippen molar-refractivity contribution in [3.05, 3.63) is 108 Å². The number of carbonyl (C=O) groups is 3. The van der Waals surface area contributed by atoms with Crippen molar-refractivity contribution in [2.24, 2.45) is 11.8 Å². The van der Waals surface area contributed by atoms with E-state index in [1.807, 2.05) is 105 Å². The van der Waals surface area contributed by atoms with E-state index >= 15 is 0 Å². The largest absolute Gasteiger partial charge is 0.444 e. The Morgan fingerprint density at radius 1 is 0.756 bits per heavy atom. The highest BCUT2D eigenvalue weighted by atomic mass is 16.6. The van der Waals surface area contributed by atoms with Gasteiger partial charge in [0, 0.05) is 12.5 Å². The average molecular weight is 616 g/mol. The van der Waals surface area contributed by atoms with Crippen molar-refractivity contribution < 1.29 is 24.2 Å². The summed E-state index contributed by atoms with van der Waals surface area (Å²) in [5.74, 6) is -1.37. The molecule has 242 valence electrons. The van der Waals surface area contributed by atoms with Crippen LogP contribution < -0.4 is 16.0 Å². The lowest BCUT2D eigenvalue weighted by Crippen LogP contribution is -2.53. The molecule has 0 fully saturated rings. The van der Waals surface area contributed by atoms with Crippen LogP contribution in [0.2, 0.25) is 0 Å². The summed E-state index contributed by atoms with van der Waals surface area (Å²) in [7, 11) is 0. The molecule has 0 unspecified atom stereocenters. The molecule has 4 N–H and O–H groups in total. The smallest absolute Gasteiger partial charge is 0.407 e. The zero-order valence-electron chi connectivity index (χ0n) is 27.2. The zero-order valence-corrected chi connectivity index (χ0v) is 27.2. The van der Waals surface area contributed by atoms with Crippen molar-refractivity contribution >= 4 is 17.9 Å². The van der Waals surface area contributed by atoms with Gasteiger partial charge in [0.1, 0.15) is 11.6 Å². The van der Waals surface area contributed by atoms with Gasteiger partial charge in [0.05, 0.1) is 12.1 Å². The first-order valence-electron chi connectivity index (χ1n) is 15.8. The van der Waals surface area contributed by atoms with Gasteiger partial charge in [0.25, 0.3) is 0 Å². The fraction of sp³-hybridized carbons (Fsp3) is 0.432. The number of ether oxygens (including phenoxy) is 1. The predicted octanol–water partition coefficient (Wildman–Crippen LogP) is 5.58. The molecule has 5 atom stereocenters. The summed E-state index contributed by atoms with van der Waals surface area (Å²) < 4.78 is 5.49. The van der Waals surface area contributed by atoms with Crippen LogP contribution in [-0.2, 0) is 33.7 Å². The van der Waals surface area contributed by atoms with Crippen molar-refractivity contribution in [3.63, 3.8) is 0 Å². The maximum Gasteiger partial charge on any atom is 0.407 e. The number of nitrogens with one attached hydrogen (secondary N) is 3. The first-order valence-corrected chi connectivity index (χ1v) is 15.8. The lowest BCUT2D eigenvalue weighted by Gasteiger charge is -2.30.